The number of hydrazine groups is 1. The minimum atomic E-state index is -0.405. The Hall–Kier alpha value is -1.95. The number of halogens is 1. The van der Waals surface area contributed by atoms with Crippen molar-refractivity contribution in [3.05, 3.63) is 64.8 Å². The Kier molecular flexibility index (Phi) is 3.88. The van der Waals surface area contributed by atoms with E-state index >= 15 is 0 Å². The number of benzene rings is 2. The van der Waals surface area contributed by atoms with E-state index in [0.717, 1.165) is 15.0 Å². The first kappa shape index (κ1) is 14.0. The molecular weight excluding hydrogens is 287 g/mol. The molecule has 0 saturated carbocycles. The van der Waals surface area contributed by atoms with E-state index in [0.29, 0.717) is 5.56 Å². The predicted octanol–water partition coefficient (Wildman–Crippen LogP) is 3.60. The zero-order valence-electron chi connectivity index (χ0n) is 11.5. The van der Waals surface area contributed by atoms with E-state index in [9.17, 15) is 4.39 Å². The fourth-order valence-corrected chi connectivity index (χ4v) is 3.52. The van der Waals surface area contributed by atoms with Crippen LogP contribution in [0.4, 0.5) is 4.39 Å². The standard InChI is InChI=1S/C16H15FN2OS/c1-20-12-7-4-6-11(15(12)17)16(19-18)14-9-10-5-2-3-8-13(10)21-14/h2-9,16,19H,18H2,1H3. The summed E-state index contributed by atoms with van der Waals surface area (Å²) in [5, 5.41) is 1.13. The topological polar surface area (TPSA) is 47.3 Å². The van der Waals surface area contributed by atoms with Crippen molar-refractivity contribution in [1.82, 2.24) is 5.43 Å². The van der Waals surface area contributed by atoms with Crippen molar-refractivity contribution in [1.29, 1.82) is 0 Å². The van der Waals surface area contributed by atoms with Crippen LogP contribution in [0.1, 0.15) is 16.5 Å². The molecule has 0 aliphatic carbocycles. The molecule has 21 heavy (non-hydrogen) atoms. The molecule has 1 heterocycles. The lowest BCUT2D eigenvalue weighted by Crippen LogP contribution is -2.29. The monoisotopic (exact) mass is 302 g/mol. The van der Waals surface area contributed by atoms with Gasteiger partial charge in [-0.1, -0.05) is 30.3 Å². The fourth-order valence-electron chi connectivity index (χ4n) is 2.38. The Morgan fingerprint density at radius 1 is 1.19 bits per heavy atom. The molecule has 3 N–H and O–H groups in total. The van der Waals surface area contributed by atoms with Gasteiger partial charge < -0.3 is 4.74 Å². The van der Waals surface area contributed by atoms with Crippen LogP contribution in [0.3, 0.4) is 0 Å². The molecule has 5 heteroatoms. The molecule has 0 spiro atoms. The largest absolute Gasteiger partial charge is 0.494 e. The van der Waals surface area contributed by atoms with Crippen LogP contribution in [0.2, 0.25) is 0 Å². The maximum atomic E-state index is 14.4. The summed E-state index contributed by atoms with van der Waals surface area (Å²) in [4.78, 5) is 0.964. The lowest BCUT2D eigenvalue weighted by molar-refractivity contribution is 0.382. The Balaban J connectivity index is 2.09. The van der Waals surface area contributed by atoms with E-state index in [-0.39, 0.29) is 11.6 Å². The SMILES string of the molecule is COc1cccc(C(NN)c2cc3ccccc3s2)c1F. The average molecular weight is 302 g/mol. The van der Waals surface area contributed by atoms with Crippen molar-refractivity contribution in [2.75, 3.05) is 7.11 Å². The molecule has 0 fully saturated rings. The second-order valence-electron chi connectivity index (χ2n) is 4.65. The third kappa shape index (κ3) is 2.51. The summed E-state index contributed by atoms with van der Waals surface area (Å²) in [6, 6.07) is 14.7. The zero-order valence-corrected chi connectivity index (χ0v) is 12.3. The number of nitrogens with one attached hydrogen (secondary N) is 1. The molecule has 3 rings (SSSR count). The summed E-state index contributed by atoms with van der Waals surface area (Å²) in [7, 11) is 1.45. The number of methoxy groups -OCH3 is 1. The van der Waals surface area contributed by atoms with Crippen LogP contribution in [0, 0.1) is 5.82 Å². The molecule has 0 aliphatic rings. The summed E-state index contributed by atoms with van der Waals surface area (Å²) >= 11 is 1.60. The van der Waals surface area contributed by atoms with E-state index in [4.69, 9.17) is 10.6 Å². The van der Waals surface area contributed by atoms with Crippen LogP contribution in [-0.4, -0.2) is 7.11 Å². The highest BCUT2D eigenvalue weighted by Crippen LogP contribution is 2.35. The minimum Gasteiger partial charge on any atom is -0.494 e. The van der Waals surface area contributed by atoms with Crippen LogP contribution < -0.4 is 16.0 Å². The van der Waals surface area contributed by atoms with Crippen molar-refractivity contribution in [3.63, 3.8) is 0 Å². The maximum Gasteiger partial charge on any atom is 0.170 e. The molecule has 1 aromatic heterocycles. The number of hydrogen-bond donors (Lipinski definition) is 2. The molecule has 0 aliphatic heterocycles. The molecule has 2 aromatic carbocycles. The van der Waals surface area contributed by atoms with Gasteiger partial charge in [0.05, 0.1) is 13.2 Å². The van der Waals surface area contributed by atoms with Crippen molar-refractivity contribution in [2.45, 2.75) is 6.04 Å². The van der Waals surface area contributed by atoms with Crippen LogP contribution in [0.25, 0.3) is 10.1 Å². The van der Waals surface area contributed by atoms with Gasteiger partial charge in [0.25, 0.3) is 0 Å². The van der Waals surface area contributed by atoms with Gasteiger partial charge in [-0.3, -0.25) is 5.84 Å². The molecule has 1 atom stereocenters. The normalized spacial score (nSPS) is 12.5. The van der Waals surface area contributed by atoms with E-state index < -0.39 is 6.04 Å². The average Bonchev–Trinajstić information content (AvgIpc) is 2.93. The van der Waals surface area contributed by atoms with Crippen molar-refractivity contribution < 1.29 is 9.13 Å². The molecule has 1 unspecified atom stereocenters. The summed E-state index contributed by atoms with van der Waals surface area (Å²) < 4.78 is 20.6. The third-order valence-electron chi connectivity index (χ3n) is 3.42. The molecule has 0 saturated heterocycles. The van der Waals surface area contributed by atoms with Crippen molar-refractivity contribution >= 4 is 21.4 Å². The number of rotatable bonds is 4. The van der Waals surface area contributed by atoms with Gasteiger partial charge in [0.1, 0.15) is 0 Å². The number of nitrogens with two attached hydrogens (primary N) is 1. The van der Waals surface area contributed by atoms with E-state index in [1.54, 1.807) is 29.5 Å². The van der Waals surface area contributed by atoms with Gasteiger partial charge in [-0.15, -0.1) is 11.3 Å². The number of fused-ring (bicyclic) bond motifs is 1. The number of thiophene rings is 1. The van der Waals surface area contributed by atoms with Crippen molar-refractivity contribution in [2.24, 2.45) is 5.84 Å². The lowest BCUT2D eigenvalue weighted by Gasteiger charge is -2.16. The highest BCUT2D eigenvalue weighted by molar-refractivity contribution is 7.19. The number of hydrogen-bond acceptors (Lipinski definition) is 4. The molecular formula is C16H15FN2OS. The van der Waals surface area contributed by atoms with Gasteiger partial charge in [0.2, 0.25) is 0 Å². The summed E-state index contributed by atoms with van der Waals surface area (Å²) in [5.74, 6) is 5.50. The molecule has 0 radical (unpaired) electrons. The van der Waals surface area contributed by atoms with Gasteiger partial charge >= 0.3 is 0 Å². The van der Waals surface area contributed by atoms with E-state index in [2.05, 4.69) is 5.43 Å². The highest BCUT2D eigenvalue weighted by Gasteiger charge is 2.21. The van der Waals surface area contributed by atoms with Crippen LogP contribution in [0.15, 0.2) is 48.5 Å². The Labute approximate surface area is 126 Å². The quantitative estimate of drug-likeness (QED) is 0.572. The second-order valence-corrected chi connectivity index (χ2v) is 5.77. The Morgan fingerprint density at radius 3 is 2.71 bits per heavy atom. The highest BCUT2D eigenvalue weighted by atomic mass is 32.1. The van der Waals surface area contributed by atoms with Gasteiger partial charge in [0, 0.05) is 15.1 Å². The first-order valence-corrected chi connectivity index (χ1v) is 7.33. The van der Waals surface area contributed by atoms with E-state index in [1.807, 2.05) is 30.3 Å². The lowest BCUT2D eigenvalue weighted by atomic mass is 10.0. The second kappa shape index (κ2) is 5.81. The third-order valence-corrected chi connectivity index (χ3v) is 4.60. The number of ether oxygens (including phenoxy) is 1. The maximum absolute atomic E-state index is 14.4. The first-order chi connectivity index (χ1) is 10.2. The smallest absolute Gasteiger partial charge is 0.170 e. The molecule has 108 valence electrons. The fraction of sp³-hybridized carbons (Fsp3) is 0.125. The predicted molar refractivity (Wildman–Crippen MR) is 83.9 cm³/mol. The van der Waals surface area contributed by atoms with Gasteiger partial charge in [0.15, 0.2) is 11.6 Å². The molecule has 3 aromatic rings. The summed E-state index contributed by atoms with van der Waals surface area (Å²) in [5.41, 5.74) is 3.18. The van der Waals surface area contributed by atoms with Crippen LogP contribution >= 0.6 is 11.3 Å². The van der Waals surface area contributed by atoms with Crippen LogP contribution in [0.5, 0.6) is 5.75 Å². The molecule has 0 bridgehead atoms. The zero-order chi connectivity index (χ0) is 14.8. The van der Waals surface area contributed by atoms with Crippen molar-refractivity contribution in [3.8, 4) is 5.75 Å². The van der Waals surface area contributed by atoms with Gasteiger partial charge in [-0.25, -0.2) is 9.82 Å². The van der Waals surface area contributed by atoms with Gasteiger partial charge in [-0.2, -0.15) is 0 Å². The summed E-state index contributed by atoms with van der Waals surface area (Å²) in [6.07, 6.45) is 0. The van der Waals surface area contributed by atoms with Gasteiger partial charge in [-0.05, 0) is 23.6 Å². The first-order valence-electron chi connectivity index (χ1n) is 6.51. The molecule has 3 nitrogen and oxygen atoms in total. The Morgan fingerprint density at radius 2 is 2.00 bits per heavy atom. The van der Waals surface area contributed by atoms with E-state index in [1.165, 1.54) is 7.11 Å². The van der Waals surface area contributed by atoms with Crippen LogP contribution in [-0.2, 0) is 0 Å². The molecule has 0 amide bonds. The Bertz CT molecular complexity index is 739. The summed E-state index contributed by atoms with van der Waals surface area (Å²) in [6.45, 7) is 0. The minimum absolute atomic E-state index is 0.217.